The van der Waals surface area contributed by atoms with Crippen LogP contribution in [0.3, 0.4) is 0 Å². The average molecular weight is 208 g/mol. The first kappa shape index (κ1) is 12.8. The molecule has 0 aromatic rings. The maximum Gasteiger partial charge on any atom is 0.316 e. The molecule has 1 unspecified atom stereocenters. The first-order valence-corrected chi connectivity index (χ1v) is 5.53. The van der Waals surface area contributed by atoms with Crippen molar-refractivity contribution >= 4 is 17.7 Å². The molecule has 4 heteroatoms. The van der Waals surface area contributed by atoms with Crippen LogP contribution in [0.25, 0.3) is 0 Å². The van der Waals surface area contributed by atoms with E-state index in [1.807, 2.05) is 13.8 Å². The molecule has 0 bridgehead atoms. The maximum absolute atomic E-state index is 11.7. The molecule has 2 nitrogen and oxygen atoms in total. The maximum atomic E-state index is 11.7. The highest BCUT2D eigenvalue weighted by atomic mass is 32.2. The molecule has 78 valence electrons. The molecule has 0 heterocycles. The predicted molar refractivity (Wildman–Crippen MR) is 53.9 cm³/mol. The molecule has 0 amide bonds. The summed E-state index contributed by atoms with van der Waals surface area (Å²) in [5.41, 5.74) is 0. The van der Waals surface area contributed by atoms with Gasteiger partial charge >= 0.3 is 5.97 Å². The van der Waals surface area contributed by atoms with Crippen molar-refractivity contribution in [2.75, 3.05) is 12.4 Å². The molecule has 0 rings (SSSR count). The predicted octanol–water partition coefficient (Wildman–Crippen LogP) is 2.58. The molecule has 0 aliphatic carbocycles. The number of carboxylic acid groups (broad SMARTS) is 1. The molecular weight excluding hydrogens is 191 g/mol. The third kappa shape index (κ3) is 6.87. The van der Waals surface area contributed by atoms with Crippen molar-refractivity contribution in [3.05, 3.63) is 0 Å². The van der Waals surface area contributed by atoms with E-state index in [4.69, 9.17) is 5.11 Å². The van der Waals surface area contributed by atoms with Crippen LogP contribution >= 0.6 is 11.8 Å². The second kappa shape index (κ2) is 7.18. The van der Waals surface area contributed by atoms with Crippen molar-refractivity contribution in [1.82, 2.24) is 0 Å². The summed E-state index contributed by atoms with van der Waals surface area (Å²) < 4.78 is 11.7. The Morgan fingerprint density at radius 1 is 1.54 bits per heavy atom. The van der Waals surface area contributed by atoms with Crippen LogP contribution in [0.4, 0.5) is 4.39 Å². The molecule has 0 saturated heterocycles. The summed E-state index contributed by atoms with van der Waals surface area (Å²) >= 11 is 1.34. The van der Waals surface area contributed by atoms with Crippen LogP contribution in [0.1, 0.15) is 26.7 Å². The Kier molecular flexibility index (Phi) is 7.04. The van der Waals surface area contributed by atoms with Crippen molar-refractivity contribution in [3.63, 3.8) is 0 Å². The van der Waals surface area contributed by atoms with Gasteiger partial charge < -0.3 is 5.11 Å². The zero-order chi connectivity index (χ0) is 10.3. The third-order valence-corrected chi connectivity index (χ3v) is 2.88. The Balaban J connectivity index is 3.74. The number of hydrogen-bond acceptors (Lipinski definition) is 2. The highest BCUT2D eigenvalue weighted by molar-refractivity contribution is 8.00. The average Bonchev–Trinajstić information content (AvgIpc) is 2.02. The smallest absolute Gasteiger partial charge is 0.316 e. The molecule has 0 aliphatic rings. The fourth-order valence-corrected chi connectivity index (χ4v) is 2.17. The van der Waals surface area contributed by atoms with Crippen LogP contribution in [0.15, 0.2) is 0 Å². The first-order valence-electron chi connectivity index (χ1n) is 4.48. The standard InChI is InChI=1S/C9H17FO2S/c1-7(2)6-8(9(11)12)13-5-3-4-10/h7-8H,3-6H2,1-2H3,(H,11,12). The molecule has 1 atom stereocenters. The van der Waals surface area contributed by atoms with Crippen molar-refractivity contribution < 1.29 is 14.3 Å². The van der Waals surface area contributed by atoms with Crippen molar-refractivity contribution in [3.8, 4) is 0 Å². The zero-order valence-electron chi connectivity index (χ0n) is 8.12. The summed E-state index contributed by atoms with van der Waals surface area (Å²) in [5, 5.41) is 8.44. The van der Waals surface area contributed by atoms with Crippen LogP contribution in [0, 0.1) is 5.92 Å². The number of alkyl halides is 1. The highest BCUT2D eigenvalue weighted by Gasteiger charge is 2.18. The number of carbonyl (C=O) groups is 1. The number of hydrogen-bond donors (Lipinski definition) is 1. The van der Waals surface area contributed by atoms with E-state index in [0.717, 1.165) is 0 Å². The fraction of sp³-hybridized carbons (Fsp3) is 0.889. The molecule has 0 aromatic heterocycles. The Hall–Kier alpha value is -0.250. The van der Waals surface area contributed by atoms with E-state index in [9.17, 15) is 9.18 Å². The van der Waals surface area contributed by atoms with Crippen molar-refractivity contribution in [2.24, 2.45) is 5.92 Å². The lowest BCUT2D eigenvalue weighted by molar-refractivity contribution is -0.136. The molecule has 0 fully saturated rings. The second-order valence-electron chi connectivity index (χ2n) is 3.37. The minimum absolute atomic E-state index is 0.360. The summed E-state index contributed by atoms with van der Waals surface area (Å²) in [4.78, 5) is 10.7. The van der Waals surface area contributed by atoms with E-state index in [0.29, 0.717) is 24.5 Å². The lowest BCUT2D eigenvalue weighted by atomic mass is 10.1. The fourth-order valence-electron chi connectivity index (χ4n) is 0.948. The summed E-state index contributed by atoms with van der Waals surface area (Å²) in [6.45, 7) is 3.62. The number of thioether (sulfide) groups is 1. The highest BCUT2D eigenvalue weighted by Crippen LogP contribution is 2.20. The van der Waals surface area contributed by atoms with Gasteiger partial charge in [-0.2, -0.15) is 0 Å². The Bertz CT molecular complexity index is 151. The van der Waals surface area contributed by atoms with Gasteiger partial charge in [-0.25, -0.2) is 0 Å². The molecular formula is C9H17FO2S. The van der Waals surface area contributed by atoms with E-state index in [1.165, 1.54) is 11.8 Å². The number of rotatable bonds is 7. The third-order valence-electron chi connectivity index (χ3n) is 1.56. The van der Waals surface area contributed by atoms with Crippen LogP contribution in [-0.2, 0) is 4.79 Å². The second-order valence-corrected chi connectivity index (χ2v) is 4.68. The minimum Gasteiger partial charge on any atom is -0.480 e. The molecule has 0 saturated carbocycles. The van der Waals surface area contributed by atoms with Gasteiger partial charge in [0.15, 0.2) is 0 Å². The Labute approximate surface area is 82.9 Å². The molecule has 0 spiro atoms. The van der Waals surface area contributed by atoms with Crippen LogP contribution in [0.5, 0.6) is 0 Å². The summed E-state index contributed by atoms with van der Waals surface area (Å²) in [6, 6.07) is 0. The summed E-state index contributed by atoms with van der Waals surface area (Å²) in [5.74, 6) is 0.191. The molecule has 0 radical (unpaired) electrons. The van der Waals surface area contributed by atoms with Gasteiger partial charge in [-0.1, -0.05) is 13.8 Å². The molecule has 0 aliphatic heterocycles. The monoisotopic (exact) mass is 208 g/mol. The van der Waals surface area contributed by atoms with Gasteiger partial charge in [0.25, 0.3) is 0 Å². The molecule has 1 N–H and O–H groups in total. The van der Waals surface area contributed by atoms with Gasteiger partial charge in [-0.15, -0.1) is 11.8 Å². The van der Waals surface area contributed by atoms with E-state index in [2.05, 4.69) is 0 Å². The van der Waals surface area contributed by atoms with Gasteiger partial charge in [0.2, 0.25) is 0 Å². The van der Waals surface area contributed by atoms with Crippen LogP contribution in [-0.4, -0.2) is 28.8 Å². The van der Waals surface area contributed by atoms with Crippen LogP contribution < -0.4 is 0 Å². The quantitative estimate of drug-likeness (QED) is 0.653. The van der Waals surface area contributed by atoms with E-state index in [-0.39, 0.29) is 11.9 Å². The van der Waals surface area contributed by atoms with Gasteiger partial charge in [0.1, 0.15) is 5.25 Å². The lowest BCUT2D eigenvalue weighted by Crippen LogP contribution is -2.19. The lowest BCUT2D eigenvalue weighted by Gasteiger charge is -2.13. The van der Waals surface area contributed by atoms with Gasteiger partial charge in [0.05, 0.1) is 6.67 Å². The number of aliphatic carboxylic acids is 1. The SMILES string of the molecule is CC(C)CC(SCCCF)C(=O)O. The van der Waals surface area contributed by atoms with Gasteiger partial charge in [-0.3, -0.25) is 9.18 Å². The van der Waals surface area contributed by atoms with Crippen LogP contribution in [0.2, 0.25) is 0 Å². The Morgan fingerprint density at radius 3 is 2.54 bits per heavy atom. The summed E-state index contributed by atoms with van der Waals surface area (Å²) in [7, 11) is 0. The van der Waals surface area contributed by atoms with E-state index in [1.54, 1.807) is 0 Å². The Morgan fingerprint density at radius 2 is 2.15 bits per heavy atom. The number of halogens is 1. The van der Waals surface area contributed by atoms with Gasteiger partial charge in [0, 0.05) is 0 Å². The zero-order valence-corrected chi connectivity index (χ0v) is 8.94. The molecule has 13 heavy (non-hydrogen) atoms. The first-order chi connectivity index (χ1) is 6.07. The normalized spacial score (nSPS) is 13.2. The van der Waals surface area contributed by atoms with Crippen molar-refractivity contribution in [1.29, 1.82) is 0 Å². The minimum atomic E-state index is -0.780. The topological polar surface area (TPSA) is 37.3 Å². The largest absolute Gasteiger partial charge is 0.480 e. The molecule has 0 aromatic carbocycles. The summed E-state index contributed by atoms with van der Waals surface area (Å²) in [6.07, 6.45) is 1.11. The number of carboxylic acids is 1. The van der Waals surface area contributed by atoms with E-state index >= 15 is 0 Å². The van der Waals surface area contributed by atoms with Crippen molar-refractivity contribution in [2.45, 2.75) is 31.9 Å². The van der Waals surface area contributed by atoms with Gasteiger partial charge in [-0.05, 0) is 24.5 Å². The van der Waals surface area contributed by atoms with E-state index < -0.39 is 5.97 Å².